The van der Waals surface area contributed by atoms with E-state index in [4.69, 9.17) is 0 Å². The third kappa shape index (κ3) is 8.59. The van der Waals surface area contributed by atoms with Gasteiger partial charge in [0.1, 0.15) is 6.04 Å². The summed E-state index contributed by atoms with van der Waals surface area (Å²) in [7, 11) is -3.78. The zero-order valence-corrected chi connectivity index (χ0v) is 18.3. The van der Waals surface area contributed by atoms with Crippen molar-refractivity contribution in [3.05, 3.63) is 41.3 Å². The van der Waals surface area contributed by atoms with Gasteiger partial charge in [0.15, 0.2) is 0 Å². The molecule has 9 heteroatoms. The van der Waals surface area contributed by atoms with Crippen molar-refractivity contribution in [2.45, 2.75) is 31.7 Å². The number of likely N-dealkylation sites (tertiary alicyclic amines) is 1. The molecular formula is C20H29N3O4S2. The zero-order valence-electron chi connectivity index (χ0n) is 16.7. The molecule has 1 atom stereocenters. The van der Waals surface area contributed by atoms with E-state index in [9.17, 15) is 18.0 Å². The standard InChI is InChI=1S/C20H29N3O4S2/c1-28-15-10-18(20(25)21-12-9-19(24)23-13-5-6-14-23)22-29(26,27)16-11-17-7-3-2-4-8-17/h2-4,7-8,11,16,18,22H,5-6,9-10,12-15H2,1H3,(H,21,25)/b16-11+. The molecule has 0 aromatic heterocycles. The second-order valence-electron chi connectivity index (χ2n) is 6.84. The predicted molar refractivity (Wildman–Crippen MR) is 118 cm³/mol. The summed E-state index contributed by atoms with van der Waals surface area (Å²) in [6, 6.07) is 8.19. The fourth-order valence-electron chi connectivity index (χ4n) is 2.99. The minimum absolute atomic E-state index is 0.0230. The number of carbonyl (C=O) groups excluding carboxylic acids is 2. The van der Waals surface area contributed by atoms with E-state index in [-0.39, 0.29) is 18.9 Å². The number of benzene rings is 1. The molecule has 1 fully saturated rings. The molecule has 0 aliphatic carbocycles. The molecule has 160 valence electrons. The van der Waals surface area contributed by atoms with Crippen LogP contribution in [0.3, 0.4) is 0 Å². The predicted octanol–water partition coefficient (Wildman–Crippen LogP) is 1.83. The van der Waals surface area contributed by atoms with Crippen LogP contribution in [0.15, 0.2) is 35.7 Å². The molecule has 2 rings (SSSR count). The topological polar surface area (TPSA) is 95.6 Å². The summed E-state index contributed by atoms with van der Waals surface area (Å²) in [4.78, 5) is 26.4. The third-order valence-corrected chi connectivity index (χ3v) is 6.32. The van der Waals surface area contributed by atoms with Crippen LogP contribution < -0.4 is 10.0 Å². The number of thioether (sulfide) groups is 1. The van der Waals surface area contributed by atoms with Gasteiger partial charge in [-0.2, -0.15) is 16.5 Å². The van der Waals surface area contributed by atoms with E-state index < -0.39 is 22.0 Å². The van der Waals surface area contributed by atoms with E-state index in [0.29, 0.717) is 12.2 Å². The number of nitrogens with one attached hydrogen (secondary N) is 2. The number of hydrogen-bond donors (Lipinski definition) is 2. The van der Waals surface area contributed by atoms with E-state index in [0.717, 1.165) is 36.9 Å². The number of carbonyl (C=O) groups is 2. The van der Waals surface area contributed by atoms with Crippen LogP contribution in [0, 0.1) is 0 Å². The average Bonchev–Trinajstić information content (AvgIpc) is 3.25. The fraction of sp³-hybridized carbons (Fsp3) is 0.500. The van der Waals surface area contributed by atoms with Crippen LogP contribution in [0.1, 0.15) is 31.2 Å². The Balaban J connectivity index is 1.89. The lowest BCUT2D eigenvalue weighted by Gasteiger charge is -2.18. The Morgan fingerprint density at radius 1 is 1.21 bits per heavy atom. The van der Waals surface area contributed by atoms with Crippen molar-refractivity contribution in [3.63, 3.8) is 0 Å². The number of rotatable bonds is 11. The molecule has 1 aromatic carbocycles. The summed E-state index contributed by atoms with van der Waals surface area (Å²) in [5.74, 6) is 0.246. The molecule has 0 spiro atoms. The number of sulfonamides is 1. The van der Waals surface area contributed by atoms with E-state index in [1.807, 2.05) is 24.5 Å². The van der Waals surface area contributed by atoms with Crippen LogP contribution in [0.4, 0.5) is 0 Å². The van der Waals surface area contributed by atoms with Crippen molar-refractivity contribution in [2.24, 2.45) is 0 Å². The van der Waals surface area contributed by atoms with E-state index in [2.05, 4.69) is 10.0 Å². The van der Waals surface area contributed by atoms with Crippen LogP contribution in [-0.2, 0) is 19.6 Å². The highest BCUT2D eigenvalue weighted by Gasteiger charge is 2.23. The van der Waals surface area contributed by atoms with Gasteiger partial charge in [0.25, 0.3) is 0 Å². The SMILES string of the molecule is CSCCC(NS(=O)(=O)/C=C/c1ccccc1)C(=O)NCCC(=O)N1CCCC1. The van der Waals surface area contributed by atoms with E-state index in [1.165, 1.54) is 17.8 Å². The van der Waals surface area contributed by atoms with Crippen LogP contribution in [0.25, 0.3) is 6.08 Å². The van der Waals surface area contributed by atoms with Crippen molar-refractivity contribution in [2.75, 3.05) is 31.6 Å². The van der Waals surface area contributed by atoms with Gasteiger partial charge in [0, 0.05) is 31.5 Å². The highest BCUT2D eigenvalue weighted by Crippen LogP contribution is 2.09. The molecule has 1 unspecified atom stereocenters. The summed E-state index contributed by atoms with van der Waals surface area (Å²) in [6.07, 6.45) is 6.02. The molecule has 0 saturated carbocycles. The summed E-state index contributed by atoms with van der Waals surface area (Å²) >= 11 is 1.54. The fourth-order valence-corrected chi connectivity index (χ4v) is 4.50. The Labute approximate surface area is 177 Å². The first-order valence-electron chi connectivity index (χ1n) is 9.71. The van der Waals surface area contributed by atoms with Gasteiger partial charge >= 0.3 is 0 Å². The molecule has 1 saturated heterocycles. The molecule has 1 aliphatic heterocycles. The Bertz CT molecular complexity index is 791. The van der Waals surface area contributed by atoms with Crippen LogP contribution >= 0.6 is 11.8 Å². The molecule has 1 heterocycles. The second kappa shape index (κ2) is 12.0. The molecule has 1 aromatic rings. The van der Waals surface area contributed by atoms with Gasteiger partial charge in [-0.05, 0) is 42.9 Å². The van der Waals surface area contributed by atoms with Gasteiger partial charge in [-0.25, -0.2) is 8.42 Å². The first-order chi connectivity index (χ1) is 13.9. The zero-order chi connectivity index (χ0) is 21.1. The molecule has 2 amide bonds. The second-order valence-corrected chi connectivity index (χ2v) is 9.42. The Hall–Kier alpha value is -1.84. The number of nitrogens with zero attached hydrogens (tertiary/aromatic N) is 1. The van der Waals surface area contributed by atoms with Crippen molar-refractivity contribution >= 4 is 39.7 Å². The lowest BCUT2D eigenvalue weighted by molar-refractivity contribution is -0.130. The maximum atomic E-state index is 12.5. The van der Waals surface area contributed by atoms with Crippen molar-refractivity contribution in [1.82, 2.24) is 14.9 Å². The van der Waals surface area contributed by atoms with Gasteiger partial charge in [0.2, 0.25) is 21.8 Å². The molecule has 0 bridgehead atoms. The largest absolute Gasteiger partial charge is 0.354 e. The van der Waals surface area contributed by atoms with E-state index in [1.54, 1.807) is 17.0 Å². The minimum Gasteiger partial charge on any atom is -0.354 e. The van der Waals surface area contributed by atoms with Gasteiger partial charge in [-0.1, -0.05) is 30.3 Å². The molecular weight excluding hydrogens is 410 g/mol. The molecule has 29 heavy (non-hydrogen) atoms. The van der Waals surface area contributed by atoms with Gasteiger partial charge in [-0.15, -0.1) is 0 Å². The van der Waals surface area contributed by atoms with Crippen molar-refractivity contribution in [1.29, 1.82) is 0 Å². The lowest BCUT2D eigenvalue weighted by Crippen LogP contribution is -2.47. The van der Waals surface area contributed by atoms with Gasteiger partial charge in [0.05, 0.1) is 0 Å². The van der Waals surface area contributed by atoms with Gasteiger partial charge < -0.3 is 10.2 Å². The Morgan fingerprint density at radius 2 is 1.90 bits per heavy atom. The van der Waals surface area contributed by atoms with E-state index >= 15 is 0 Å². The summed E-state index contributed by atoms with van der Waals surface area (Å²) in [5.41, 5.74) is 0.753. The quantitative estimate of drug-likeness (QED) is 0.548. The van der Waals surface area contributed by atoms with Crippen molar-refractivity contribution < 1.29 is 18.0 Å². The number of hydrogen-bond acceptors (Lipinski definition) is 5. The highest BCUT2D eigenvalue weighted by atomic mass is 32.2. The smallest absolute Gasteiger partial charge is 0.238 e. The van der Waals surface area contributed by atoms with Crippen LogP contribution in [0.5, 0.6) is 0 Å². The summed E-state index contributed by atoms with van der Waals surface area (Å²) in [6.45, 7) is 1.75. The molecule has 0 radical (unpaired) electrons. The lowest BCUT2D eigenvalue weighted by atomic mass is 10.2. The normalized spacial score (nSPS) is 15.6. The third-order valence-electron chi connectivity index (χ3n) is 4.57. The minimum atomic E-state index is -3.78. The average molecular weight is 440 g/mol. The molecule has 2 N–H and O–H groups in total. The van der Waals surface area contributed by atoms with Crippen LogP contribution in [-0.4, -0.2) is 62.8 Å². The first-order valence-corrected chi connectivity index (χ1v) is 12.6. The first kappa shape index (κ1) is 23.4. The van der Waals surface area contributed by atoms with Crippen LogP contribution in [0.2, 0.25) is 0 Å². The maximum Gasteiger partial charge on any atom is 0.238 e. The Morgan fingerprint density at radius 3 is 2.55 bits per heavy atom. The monoisotopic (exact) mass is 439 g/mol. The highest BCUT2D eigenvalue weighted by molar-refractivity contribution is 7.98. The molecule has 1 aliphatic rings. The maximum absolute atomic E-state index is 12.5. The molecule has 7 nitrogen and oxygen atoms in total. The summed E-state index contributed by atoms with van der Waals surface area (Å²) in [5, 5.41) is 3.76. The van der Waals surface area contributed by atoms with Gasteiger partial charge in [-0.3, -0.25) is 9.59 Å². The number of amides is 2. The Kier molecular flexibility index (Phi) is 9.69. The van der Waals surface area contributed by atoms with Crippen molar-refractivity contribution in [3.8, 4) is 0 Å². The summed E-state index contributed by atoms with van der Waals surface area (Å²) < 4.78 is 27.2.